The zero-order valence-electron chi connectivity index (χ0n) is 25.9. The van der Waals surface area contributed by atoms with Crippen molar-refractivity contribution in [2.75, 3.05) is 23.7 Å². The largest absolute Gasteiger partial charge is 0.434 e. The summed E-state index contributed by atoms with van der Waals surface area (Å²) >= 11 is 9.28. The van der Waals surface area contributed by atoms with Gasteiger partial charge in [-0.05, 0) is 38.6 Å². The molecular formula is C29H33Br2IN11O4P. The van der Waals surface area contributed by atoms with E-state index < -0.39 is 12.6 Å². The van der Waals surface area contributed by atoms with Gasteiger partial charge in [-0.2, -0.15) is 0 Å². The predicted octanol–water partition coefficient (Wildman–Crippen LogP) is 5.63. The van der Waals surface area contributed by atoms with Crippen LogP contribution in [0.1, 0.15) is 28.2 Å². The Morgan fingerprint density at radius 1 is 0.938 bits per heavy atom. The molecule has 0 saturated carbocycles. The summed E-state index contributed by atoms with van der Waals surface area (Å²) in [7, 11) is -2.37. The minimum absolute atomic E-state index is 0.166. The van der Waals surface area contributed by atoms with Crippen molar-refractivity contribution in [3.8, 4) is 0 Å². The first-order chi connectivity index (χ1) is 23.2. The van der Waals surface area contributed by atoms with Gasteiger partial charge in [-0.3, -0.25) is 9.09 Å². The zero-order valence-corrected chi connectivity index (χ0v) is 32.1. The summed E-state index contributed by atoms with van der Waals surface area (Å²) in [6.45, 7) is 1.89. The Morgan fingerprint density at radius 3 is 2.17 bits per heavy atom. The van der Waals surface area contributed by atoms with Gasteiger partial charge in [0.15, 0.2) is 0 Å². The predicted molar refractivity (Wildman–Crippen MR) is 195 cm³/mol. The Bertz CT molecular complexity index is 1840. The van der Waals surface area contributed by atoms with Gasteiger partial charge in [0.1, 0.15) is 27.9 Å². The van der Waals surface area contributed by atoms with Gasteiger partial charge < -0.3 is 10.1 Å². The molecule has 0 aliphatic carbocycles. The van der Waals surface area contributed by atoms with Crippen molar-refractivity contribution in [3.05, 3.63) is 115 Å². The molecule has 0 aliphatic rings. The first-order valence-corrected chi connectivity index (χ1v) is 19.6. The number of nitro groups is 1. The van der Waals surface area contributed by atoms with Crippen LogP contribution in [0.15, 0.2) is 73.1 Å². The Labute approximate surface area is 307 Å². The monoisotopic (exact) mass is 913 g/mol. The molecule has 0 N–H and O–H groups in total. The van der Waals surface area contributed by atoms with Crippen molar-refractivity contribution < 1.29 is 14.0 Å². The van der Waals surface area contributed by atoms with E-state index in [1.165, 1.54) is 17.8 Å². The molecular weight excluding hydrogens is 882 g/mol. The van der Waals surface area contributed by atoms with Crippen molar-refractivity contribution in [1.82, 2.24) is 48.9 Å². The van der Waals surface area contributed by atoms with E-state index in [0.717, 1.165) is 14.8 Å². The highest BCUT2D eigenvalue weighted by atomic mass is 125. The number of alkyl halides is 2. The van der Waals surface area contributed by atoms with Crippen LogP contribution in [0.3, 0.4) is 0 Å². The number of nitrogens with zero attached hydrogens (tertiary/aromatic N) is 11. The fraction of sp³-hybridized carbons (Fsp3) is 0.345. The van der Waals surface area contributed by atoms with E-state index in [0.29, 0.717) is 53.9 Å². The van der Waals surface area contributed by atoms with E-state index in [1.54, 1.807) is 18.7 Å². The van der Waals surface area contributed by atoms with E-state index in [4.69, 9.17) is 4.52 Å². The molecule has 0 aliphatic heterocycles. The van der Waals surface area contributed by atoms with Crippen molar-refractivity contribution >= 4 is 68.1 Å². The quantitative estimate of drug-likeness (QED) is 0.0353. The molecule has 1 atom stereocenters. The number of benzene rings is 2. The third kappa shape index (κ3) is 9.02. The molecule has 2 aromatic carbocycles. The standard InChI is InChI=1S/C29H33Br2IN11O4P/c1-38-26(16-33-29(38)43(44)45)22-47-48(46,40(14-12-30)20-25-19-39(36-34-25)17-23-8-4-2-5-9-23)41(15-13-31)21-27-28(32)42(37-35-27)18-24-10-6-3-7-11-24/h2-11,16,19H,12-15,17-18,20-22H2,1H3/i32-2. The molecule has 0 bridgehead atoms. The van der Waals surface area contributed by atoms with Crippen molar-refractivity contribution in [1.29, 1.82) is 0 Å². The summed E-state index contributed by atoms with van der Waals surface area (Å²) < 4.78 is 31.0. The lowest BCUT2D eigenvalue weighted by Gasteiger charge is -2.37. The molecule has 0 fully saturated rings. The molecule has 48 heavy (non-hydrogen) atoms. The van der Waals surface area contributed by atoms with Crippen LogP contribution in [0.25, 0.3) is 0 Å². The normalized spacial score (nSPS) is 13.0. The van der Waals surface area contributed by atoms with Gasteiger partial charge in [0, 0.05) is 23.7 Å². The van der Waals surface area contributed by atoms with E-state index in [1.807, 2.05) is 66.9 Å². The van der Waals surface area contributed by atoms with Gasteiger partial charge in [0.2, 0.25) is 0 Å². The second-order valence-electron chi connectivity index (χ2n) is 10.6. The van der Waals surface area contributed by atoms with Gasteiger partial charge in [-0.1, -0.05) is 108 Å². The average Bonchev–Trinajstić information content (AvgIpc) is 3.79. The van der Waals surface area contributed by atoms with Crippen LogP contribution in [-0.4, -0.2) is 77.6 Å². The first kappa shape index (κ1) is 36.4. The number of halogens is 3. The number of hydrogen-bond donors (Lipinski definition) is 0. The summed E-state index contributed by atoms with van der Waals surface area (Å²) in [5.74, 6) is -0.335. The maximum Gasteiger partial charge on any atom is 0.434 e. The van der Waals surface area contributed by atoms with Crippen molar-refractivity contribution in [2.45, 2.75) is 32.8 Å². The van der Waals surface area contributed by atoms with Crippen LogP contribution < -0.4 is 0 Å². The molecule has 15 nitrogen and oxygen atoms in total. The lowest BCUT2D eigenvalue weighted by atomic mass is 10.2. The molecule has 3 aromatic heterocycles. The number of aromatic nitrogens is 8. The third-order valence-corrected chi connectivity index (χ3v) is 11.8. The Hall–Kier alpha value is -2.87. The Kier molecular flexibility index (Phi) is 13.0. The van der Waals surface area contributed by atoms with Crippen LogP contribution in [0, 0.1) is 13.8 Å². The van der Waals surface area contributed by atoms with Crippen molar-refractivity contribution in [3.63, 3.8) is 0 Å². The highest BCUT2D eigenvalue weighted by Gasteiger charge is 2.40. The maximum absolute atomic E-state index is 15.4. The lowest BCUT2D eigenvalue weighted by molar-refractivity contribution is -0.396. The SMILES string of the molecule is Cn1c(COP(=O)(N(CCBr)Cc2cn(Cc3ccccc3)nn2)N(CCBr)Cc2nnn(Cc3ccccc3)c2[125I])cnc1[N+](=O)[O-]. The Balaban J connectivity index is 1.46. The second-order valence-corrected chi connectivity index (χ2v) is 15.6. The summed E-state index contributed by atoms with van der Waals surface area (Å²) in [5.41, 5.74) is 3.79. The van der Waals surface area contributed by atoms with Crippen LogP contribution in [0.2, 0.25) is 0 Å². The highest BCUT2D eigenvalue weighted by molar-refractivity contribution is 14.1. The summed E-state index contributed by atoms with van der Waals surface area (Å²) in [4.78, 5) is 14.8. The number of hydrogen-bond acceptors (Lipinski definition) is 9. The third-order valence-electron chi connectivity index (χ3n) is 7.37. The topological polar surface area (TPSA) is 155 Å². The fourth-order valence-corrected chi connectivity index (χ4v) is 9.20. The second kappa shape index (κ2) is 17.2. The van der Waals surface area contributed by atoms with Gasteiger partial charge in [0.05, 0.1) is 45.1 Å². The summed E-state index contributed by atoms with van der Waals surface area (Å²) in [5, 5.41) is 30.0. The average molecular weight is 915 g/mol. The van der Waals surface area contributed by atoms with Gasteiger partial charge in [-0.25, -0.2) is 23.3 Å². The molecule has 3 heterocycles. The van der Waals surface area contributed by atoms with Crippen LogP contribution in [-0.2, 0) is 48.9 Å². The van der Waals surface area contributed by atoms with Crippen molar-refractivity contribution in [2.24, 2.45) is 7.05 Å². The Morgan fingerprint density at radius 2 is 1.56 bits per heavy atom. The smallest absolute Gasteiger partial charge is 0.390 e. The molecule has 1 unspecified atom stereocenters. The molecule has 0 spiro atoms. The van der Waals surface area contributed by atoms with Gasteiger partial charge in [0.25, 0.3) is 0 Å². The first-order valence-electron chi connectivity index (χ1n) is 14.8. The molecule has 5 aromatic rings. The summed E-state index contributed by atoms with van der Waals surface area (Å²) in [6.07, 6.45) is 3.19. The minimum atomic E-state index is -3.90. The van der Waals surface area contributed by atoms with Crippen LogP contribution >= 0.6 is 62.1 Å². The minimum Gasteiger partial charge on any atom is -0.390 e. The van der Waals surface area contributed by atoms with E-state index >= 15 is 4.57 Å². The van der Waals surface area contributed by atoms with E-state index in [2.05, 4.69) is 80.1 Å². The lowest BCUT2D eigenvalue weighted by Crippen LogP contribution is -2.35. The molecule has 0 amide bonds. The molecule has 0 saturated heterocycles. The van der Waals surface area contributed by atoms with Gasteiger partial charge in [-0.15, -0.1) is 10.2 Å². The van der Waals surface area contributed by atoms with E-state index in [9.17, 15) is 10.1 Å². The maximum atomic E-state index is 15.4. The fourth-order valence-electron chi connectivity index (χ4n) is 4.93. The molecule has 0 radical (unpaired) electrons. The number of imidazole rings is 1. The molecule has 254 valence electrons. The summed E-state index contributed by atoms with van der Waals surface area (Å²) in [6, 6.07) is 19.9. The molecule has 5 rings (SSSR count). The van der Waals surface area contributed by atoms with E-state index in [-0.39, 0.29) is 25.6 Å². The molecule has 19 heteroatoms. The van der Waals surface area contributed by atoms with Crippen LogP contribution in [0.4, 0.5) is 5.95 Å². The van der Waals surface area contributed by atoms with Crippen LogP contribution in [0.5, 0.6) is 0 Å². The zero-order chi connectivity index (χ0) is 34.1. The number of rotatable bonds is 18. The van der Waals surface area contributed by atoms with Gasteiger partial charge >= 0.3 is 13.6 Å². The highest BCUT2D eigenvalue weighted by Crippen LogP contribution is 2.56.